The van der Waals surface area contributed by atoms with Crippen LogP contribution in [0.1, 0.15) is 5.56 Å². The topological polar surface area (TPSA) is 17.0 Å². The number of allylic oxidation sites excluding steroid dienone is 1. The summed E-state index contributed by atoms with van der Waals surface area (Å²) in [5.74, 6) is 0. The maximum absolute atomic E-state index is 5.37. The van der Waals surface area contributed by atoms with Gasteiger partial charge < -0.3 is 4.42 Å². The Hall–Kier alpha value is -1.57. The third-order valence-corrected chi connectivity index (χ3v) is 2.24. The van der Waals surface area contributed by atoms with Gasteiger partial charge in [0.25, 0.3) is 5.52 Å². The molecular weight excluding hydrogens is 150 g/mol. The highest BCUT2D eigenvalue weighted by atomic mass is 16.3. The summed E-state index contributed by atoms with van der Waals surface area (Å²) in [5.41, 5.74) is 3.51. The second-order valence-corrected chi connectivity index (χ2v) is 2.98. The number of aromatic nitrogens is 1. The van der Waals surface area contributed by atoms with Crippen molar-refractivity contribution in [1.29, 1.82) is 0 Å². The molecule has 2 heterocycles. The Balaban J connectivity index is 2.57. The van der Waals surface area contributed by atoms with Crippen LogP contribution in [0.15, 0.2) is 35.1 Å². The van der Waals surface area contributed by atoms with Crippen molar-refractivity contribution in [2.45, 2.75) is 6.42 Å². The van der Waals surface area contributed by atoms with Crippen LogP contribution in [0.4, 0.5) is 0 Å². The first-order valence-corrected chi connectivity index (χ1v) is 4.02. The van der Waals surface area contributed by atoms with Crippen molar-refractivity contribution in [3.05, 3.63) is 36.2 Å². The minimum Gasteiger partial charge on any atom is -0.403 e. The Kier molecular flexibility index (Phi) is 0.987. The second kappa shape index (κ2) is 1.97. The minimum absolute atomic E-state index is 0.969. The molecule has 0 aliphatic carbocycles. The molecule has 1 aliphatic heterocycles. The smallest absolute Gasteiger partial charge is 0.340 e. The van der Waals surface area contributed by atoms with Crippen LogP contribution < -0.4 is 4.57 Å². The first-order valence-electron chi connectivity index (χ1n) is 4.02. The van der Waals surface area contributed by atoms with Gasteiger partial charge in [-0.15, -0.1) is 4.57 Å². The second-order valence-electron chi connectivity index (χ2n) is 2.98. The molecule has 2 aromatic rings. The fourth-order valence-corrected chi connectivity index (χ4v) is 1.69. The third kappa shape index (κ3) is 0.619. The summed E-state index contributed by atoms with van der Waals surface area (Å²) in [7, 11) is 0. The SMILES string of the molecule is C1=C[n+]2coc3cccc(c32)C1. The largest absolute Gasteiger partial charge is 0.403 e. The average Bonchev–Trinajstić information content (AvgIpc) is 2.52. The first-order chi connectivity index (χ1) is 5.95. The molecule has 0 saturated heterocycles. The summed E-state index contributed by atoms with van der Waals surface area (Å²) in [6.45, 7) is 0. The van der Waals surface area contributed by atoms with Crippen LogP contribution in [-0.4, -0.2) is 0 Å². The van der Waals surface area contributed by atoms with Crippen molar-refractivity contribution >= 4 is 17.3 Å². The van der Waals surface area contributed by atoms with Crippen molar-refractivity contribution in [2.75, 3.05) is 0 Å². The Labute approximate surface area is 69.7 Å². The molecule has 0 radical (unpaired) electrons. The lowest BCUT2D eigenvalue weighted by Crippen LogP contribution is -2.26. The van der Waals surface area contributed by atoms with Gasteiger partial charge in [0.15, 0.2) is 6.20 Å². The van der Waals surface area contributed by atoms with E-state index < -0.39 is 0 Å². The number of oxazole rings is 1. The summed E-state index contributed by atoms with van der Waals surface area (Å²) in [6.07, 6.45) is 6.93. The molecule has 2 nitrogen and oxygen atoms in total. The zero-order valence-corrected chi connectivity index (χ0v) is 6.53. The van der Waals surface area contributed by atoms with E-state index in [1.807, 2.05) is 22.9 Å². The van der Waals surface area contributed by atoms with E-state index in [9.17, 15) is 0 Å². The Bertz CT molecular complexity index is 468. The van der Waals surface area contributed by atoms with Gasteiger partial charge in [0.05, 0.1) is 0 Å². The molecule has 0 N–H and O–H groups in total. The van der Waals surface area contributed by atoms with Gasteiger partial charge in [-0.3, -0.25) is 0 Å². The molecule has 1 aromatic carbocycles. The summed E-state index contributed by atoms with van der Waals surface area (Å²) < 4.78 is 7.39. The Morgan fingerprint density at radius 3 is 3.33 bits per heavy atom. The number of hydrogen-bond donors (Lipinski definition) is 0. The van der Waals surface area contributed by atoms with E-state index in [0.717, 1.165) is 12.0 Å². The molecule has 0 fully saturated rings. The molecule has 12 heavy (non-hydrogen) atoms. The van der Waals surface area contributed by atoms with Crippen LogP contribution in [0, 0.1) is 0 Å². The summed E-state index contributed by atoms with van der Waals surface area (Å²) in [4.78, 5) is 0. The molecule has 58 valence electrons. The maximum Gasteiger partial charge on any atom is 0.340 e. The highest BCUT2D eigenvalue weighted by Crippen LogP contribution is 2.18. The molecular formula is C10H8NO+. The molecule has 3 rings (SSSR count). The third-order valence-electron chi connectivity index (χ3n) is 2.24. The highest BCUT2D eigenvalue weighted by molar-refractivity contribution is 5.74. The van der Waals surface area contributed by atoms with Crippen molar-refractivity contribution in [2.24, 2.45) is 0 Å². The lowest BCUT2D eigenvalue weighted by Gasteiger charge is -1.97. The van der Waals surface area contributed by atoms with Crippen molar-refractivity contribution in [3.63, 3.8) is 0 Å². The average molecular weight is 158 g/mol. The van der Waals surface area contributed by atoms with E-state index in [-0.39, 0.29) is 0 Å². The molecule has 2 heteroatoms. The van der Waals surface area contributed by atoms with E-state index in [1.165, 1.54) is 11.1 Å². The molecule has 0 saturated carbocycles. The lowest BCUT2D eigenvalue weighted by atomic mass is 10.1. The van der Waals surface area contributed by atoms with Crippen LogP contribution in [0.3, 0.4) is 0 Å². The zero-order chi connectivity index (χ0) is 7.97. The number of hydrogen-bond acceptors (Lipinski definition) is 1. The van der Waals surface area contributed by atoms with Gasteiger partial charge in [0.2, 0.25) is 5.58 Å². The van der Waals surface area contributed by atoms with Crippen LogP contribution in [-0.2, 0) is 6.42 Å². The van der Waals surface area contributed by atoms with Crippen molar-refractivity contribution < 1.29 is 8.98 Å². The molecule has 0 bridgehead atoms. The van der Waals surface area contributed by atoms with Gasteiger partial charge in [0.1, 0.15) is 0 Å². The zero-order valence-electron chi connectivity index (χ0n) is 6.53. The fourth-order valence-electron chi connectivity index (χ4n) is 1.69. The lowest BCUT2D eigenvalue weighted by molar-refractivity contribution is -0.546. The molecule has 0 amide bonds. The van der Waals surface area contributed by atoms with Gasteiger partial charge in [-0.25, -0.2) is 0 Å². The van der Waals surface area contributed by atoms with E-state index in [0.29, 0.717) is 0 Å². The number of rotatable bonds is 0. The molecule has 0 atom stereocenters. The Morgan fingerprint density at radius 1 is 1.33 bits per heavy atom. The van der Waals surface area contributed by atoms with Crippen LogP contribution in [0.2, 0.25) is 0 Å². The van der Waals surface area contributed by atoms with Crippen molar-refractivity contribution in [1.82, 2.24) is 0 Å². The number of benzene rings is 1. The van der Waals surface area contributed by atoms with Crippen LogP contribution >= 0.6 is 0 Å². The highest BCUT2D eigenvalue weighted by Gasteiger charge is 2.17. The van der Waals surface area contributed by atoms with Crippen molar-refractivity contribution in [3.8, 4) is 0 Å². The molecule has 1 aromatic heterocycles. The summed E-state index contributed by atoms with van der Waals surface area (Å²) in [5, 5.41) is 0. The molecule has 0 spiro atoms. The standard InChI is InChI=1S/C10H8NO/c1-3-8-4-2-6-11-7-12-9(5-1)10(8)11/h1-3,5-7H,4H2/q+1. The number of nitrogens with zero attached hydrogens (tertiary/aromatic N) is 1. The van der Waals surface area contributed by atoms with Crippen LogP contribution in [0.5, 0.6) is 0 Å². The summed E-state index contributed by atoms with van der Waals surface area (Å²) >= 11 is 0. The summed E-state index contributed by atoms with van der Waals surface area (Å²) in [6, 6.07) is 6.16. The molecule has 1 aliphatic rings. The van der Waals surface area contributed by atoms with Gasteiger partial charge >= 0.3 is 6.39 Å². The van der Waals surface area contributed by atoms with E-state index in [1.54, 1.807) is 6.39 Å². The van der Waals surface area contributed by atoms with Gasteiger partial charge in [-0.1, -0.05) is 12.1 Å². The van der Waals surface area contributed by atoms with E-state index >= 15 is 0 Å². The predicted molar refractivity (Wildman–Crippen MR) is 45.4 cm³/mol. The normalized spacial score (nSPS) is 14.0. The van der Waals surface area contributed by atoms with Gasteiger partial charge in [0, 0.05) is 12.0 Å². The quantitative estimate of drug-likeness (QED) is 0.534. The molecule has 0 unspecified atom stereocenters. The predicted octanol–water partition coefficient (Wildman–Crippen LogP) is 1.75. The Morgan fingerprint density at radius 2 is 2.33 bits per heavy atom. The monoisotopic (exact) mass is 158 g/mol. The van der Waals surface area contributed by atoms with Gasteiger partial charge in [-0.2, -0.15) is 0 Å². The van der Waals surface area contributed by atoms with Crippen LogP contribution in [0.25, 0.3) is 17.3 Å². The first kappa shape index (κ1) is 6.00. The van der Waals surface area contributed by atoms with E-state index in [4.69, 9.17) is 4.42 Å². The number of para-hydroxylation sites is 1. The van der Waals surface area contributed by atoms with E-state index in [2.05, 4.69) is 12.1 Å². The fraction of sp³-hybridized carbons (Fsp3) is 0.100. The minimum atomic E-state index is 0.969. The van der Waals surface area contributed by atoms with Gasteiger partial charge in [-0.05, 0) is 12.1 Å². The maximum atomic E-state index is 5.37.